The molecule has 0 spiro atoms. The number of thioether (sulfide) groups is 1. The van der Waals surface area contributed by atoms with Gasteiger partial charge in [0, 0.05) is 32.1 Å². The molecule has 5 aromatic rings. The van der Waals surface area contributed by atoms with Crippen molar-refractivity contribution >= 4 is 75.2 Å². The fraction of sp³-hybridized carbons (Fsp3) is 0.105. The van der Waals surface area contributed by atoms with Gasteiger partial charge in [-0.1, -0.05) is 83.9 Å². The predicted molar refractivity (Wildman–Crippen MR) is 198 cm³/mol. The summed E-state index contributed by atoms with van der Waals surface area (Å²) in [6, 6.07) is 30.3. The largest absolute Gasteiger partial charge is 0.462 e. The highest BCUT2D eigenvalue weighted by atomic mass is 35.5. The Morgan fingerprint density at radius 1 is 0.878 bits per heavy atom. The summed E-state index contributed by atoms with van der Waals surface area (Å²) >= 11 is 8.87. The highest BCUT2D eigenvalue weighted by molar-refractivity contribution is 8.00. The van der Waals surface area contributed by atoms with Crippen molar-refractivity contribution in [2.45, 2.75) is 18.7 Å². The van der Waals surface area contributed by atoms with Crippen LogP contribution in [0.5, 0.6) is 0 Å². The molecule has 1 aromatic heterocycles. The molecule has 1 heterocycles. The molecule has 8 nitrogen and oxygen atoms in total. The van der Waals surface area contributed by atoms with Crippen molar-refractivity contribution < 1.29 is 23.9 Å². The van der Waals surface area contributed by atoms with E-state index in [-0.39, 0.29) is 24.0 Å². The average molecular weight is 710 g/mol. The van der Waals surface area contributed by atoms with Crippen LogP contribution in [0.2, 0.25) is 5.02 Å². The summed E-state index contributed by atoms with van der Waals surface area (Å²) in [5, 5.41) is 11.1. The zero-order valence-corrected chi connectivity index (χ0v) is 29.0. The summed E-state index contributed by atoms with van der Waals surface area (Å²) in [5.41, 5.74) is 4.35. The van der Waals surface area contributed by atoms with Gasteiger partial charge in [0.05, 0.1) is 12.4 Å². The number of hydrogen-bond acceptors (Lipinski definition) is 7. The van der Waals surface area contributed by atoms with E-state index in [0.29, 0.717) is 38.0 Å². The number of hydrogen-bond donors (Lipinski definition) is 3. The number of ether oxygens (including phenoxy) is 1. The van der Waals surface area contributed by atoms with Crippen LogP contribution in [0.3, 0.4) is 0 Å². The molecule has 3 amide bonds. The first-order valence-corrected chi connectivity index (χ1v) is 17.5. The van der Waals surface area contributed by atoms with E-state index in [1.54, 1.807) is 79.7 Å². The van der Waals surface area contributed by atoms with Crippen LogP contribution >= 0.6 is 34.7 Å². The molecule has 5 rings (SSSR count). The molecule has 0 saturated heterocycles. The van der Waals surface area contributed by atoms with Gasteiger partial charge in [0.1, 0.15) is 16.3 Å². The van der Waals surface area contributed by atoms with Gasteiger partial charge in [0.2, 0.25) is 5.91 Å². The van der Waals surface area contributed by atoms with Gasteiger partial charge in [0.25, 0.3) is 11.8 Å². The highest BCUT2D eigenvalue weighted by Crippen LogP contribution is 2.36. The van der Waals surface area contributed by atoms with E-state index in [0.717, 1.165) is 16.0 Å². The van der Waals surface area contributed by atoms with Crippen LogP contribution in [-0.2, 0) is 14.3 Å². The zero-order chi connectivity index (χ0) is 34.8. The van der Waals surface area contributed by atoms with Crippen molar-refractivity contribution in [2.75, 3.05) is 23.0 Å². The fourth-order valence-electron chi connectivity index (χ4n) is 4.67. The minimum Gasteiger partial charge on any atom is -0.462 e. The monoisotopic (exact) mass is 709 g/mol. The number of thiophene rings is 1. The Kier molecular flexibility index (Phi) is 12.0. The Morgan fingerprint density at radius 2 is 1.61 bits per heavy atom. The third-order valence-electron chi connectivity index (χ3n) is 7.08. The highest BCUT2D eigenvalue weighted by Gasteiger charge is 2.23. The Bertz CT molecular complexity index is 2010. The summed E-state index contributed by atoms with van der Waals surface area (Å²) in [5.74, 6) is -1.78. The third-order valence-corrected chi connectivity index (χ3v) is 9.32. The molecule has 49 heavy (non-hydrogen) atoms. The van der Waals surface area contributed by atoms with Gasteiger partial charge in [-0.15, -0.1) is 23.1 Å². The van der Waals surface area contributed by atoms with Gasteiger partial charge >= 0.3 is 5.97 Å². The molecule has 0 bridgehead atoms. The minimum absolute atomic E-state index is 0.00209. The first-order chi connectivity index (χ1) is 23.7. The van der Waals surface area contributed by atoms with Gasteiger partial charge in [-0.05, 0) is 67.4 Å². The molecule has 4 aromatic carbocycles. The number of carbonyl (C=O) groups is 4. The zero-order valence-electron chi connectivity index (χ0n) is 26.6. The number of amides is 3. The fourth-order valence-corrected chi connectivity index (χ4v) is 6.58. The van der Waals surface area contributed by atoms with Gasteiger partial charge < -0.3 is 20.7 Å². The Balaban J connectivity index is 1.27. The average Bonchev–Trinajstić information content (AvgIpc) is 3.52. The lowest BCUT2D eigenvalue weighted by Gasteiger charge is -2.13. The summed E-state index contributed by atoms with van der Waals surface area (Å²) in [7, 11) is 0. The minimum atomic E-state index is -0.558. The van der Waals surface area contributed by atoms with E-state index in [9.17, 15) is 19.2 Å². The maximum absolute atomic E-state index is 13.5. The number of anilines is 2. The molecule has 0 aliphatic heterocycles. The lowest BCUT2D eigenvalue weighted by atomic mass is 10.0. The molecule has 0 fully saturated rings. The molecule has 0 aliphatic rings. The van der Waals surface area contributed by atoms with Crippen LogP contribution in [0, 0.1) is 6.92 Å². The summed E-state index contributed by atoms with van der Waals surface area (Å²) in [4.78, 5) is 53.2. The van der Waals surface area contributed by atoms with E-state index in [4.69, 9.17) is 16.3 Å². The maximum Gasteiger partial charge on any atom is 0.341 e. The first kappa shape index (κ1) is 35.2. The topological polar surface area (TPSA) is 114 Å². The number of benzene rings is 4. The lowest BCUT2D eigenvalue weighted by Crippen LogP contribution is -2.30. The van der Waals surface area contributed by atoms with Crippen molar-refractivity contribution in [3.05, 3.63) is 141 Å². The van der Waals surface area contributed by atoms with Gasteiger partial charge in [-0.3, -0.25) is 14.4 Å². The normalized spacial score (nSPS) is 11.0. The van der Waals surface area contributed by atoms with Crippen molar-refractivity contribution in [3.8, 4) is 11.1 Å². The molecule has 0 saturated carbocycles. The van der Waals surface area contributed by atoms with Crippen LogP contribution in [0.25, 0.3) is 17.2 Å². The van der Waals surface area contributed by atoms with Gasteiger partial charge in [0.15, 0.2) is 0 Å². The summed E-state index contributed by atoms with van der Waals surface area (Å²) < 4.78 is 5.31. The van der Waals surface area contributed by atoms with Gasteiger partial charge in [-0.2, -0.15) is 0 Å². The molecule has 0 radical (unpaired) electrons. The van der Waals surface area contributed by atoms with E-state index >= 15 is 0 Å². The first-order valence-electron chi connectivity index (χ1n) is 15.2. The SMILES string of the molecule is CCOC(=O)c1c(-c2ccc(C)cc2)csc1NC(=O)CSc1cccc(NC(=O)/C(=C\c2ccccc2Cl)NC(=O)c2ccccc2)c1. The molecular formula is C38H32ClN3O5S2. The lowest BCUT2D eigenvalue weighted by molar-refractivity contribution is -0.114. The van der Waals surface area contributed by atoms with Gasteiger partial charge in [-0.25, -0.2) is 4.79 Å². The van der Waals surface area contributed by atoms with Crippen molar-refractivity contribution in [1.82, 2.24) is 5.32 Å². The van der Waals surface area contributed by atoms with E-state index in [1.807, 2.05) is 42.6 Å². The van der Waals surface area contributed by atoms with E-state index < -0.39 is 17.8 Å². The summed E-state index contributed by atoms with van der Waals surface area (Å²) in [6.45, 7) is 3.92. The Hall–Kier alpha value is -5.16. The Morgan fingerprint density at radius 3 is 2.35 bits per heavy atom. The molecule has 11 heteroatoms. The third kappa shape index (κ3) is 9.48. The van der Waals surface area contributed by atoms with Crippen LogP contribution in [0.1, 0.15) is 38.8 Å². The van der Waals surface area contributed by atoms with Crippen molar-refractivity contribution in [3.63, 3.8) is 0 Å². The van der Waals surface area contributed by atoms with Crippen molar-refractivity contribution in [1.29, 1.82) is 0 Å². The molecule has 0 unspecified atom stereocenters. The Labute approximate surface area is 297 Å². The van der Waals surface area contributed by atoms with Crippen LogP contribution in [0.15, 0.2) is 119 Å². The van der Waals surface area contributed by atoms with Crippen LogP contribution in [0.4, 0.5) is 10.7 Å². The molecule has 3 N–H and O–H groups in total. The number of carbonyl (C=O) groups excluding carboxylic acids is 4. The van der Waals surface area contributed by atoms with Crippen molar-refractivity contribution in [2.24, 2.45) is 0 Å². The number of nitrogens with one attached hydrogen (secondary N) is 3. The molecular weight excluding hydrogens is 678 g/mol. The van der Waals surface area contributed by atoms with E-state index in [1.165, 1.54) is 29.2 Å². The number of aryl methyl sites for hydroxylation is 1. The molecule has 0 aliphatic carbocycles. The smallest absolute Gasteiger partial charge is 0.341 e. The van der Waals surface area contributed by atoms with E-state index in [2.05, 4.69) is 16.0 Å². The summed E-state index contributed by atoms with van der Waals surface area (Å²) in [6.07, 6.45) is 1.51. The van der Waals surface area contributed by atoms with Crippen LogP contribution in [-0.4, -0.2) is 36.1 Å². The second-order valence-electron chi connectivity index (χ2n) is 10.7. The standard InChI is InChI=1S/C38H32ClN3O5S2/c1-3-47-38(46)34-30(25-18-16-24(2)17-19-25)22-49-37(34)42-33(43)23-48-29-14-9-13-28(21-29)40-36(45)32(20-27-12-7-8-15-31(27)39)41-35(44)26-10-5-4-6-11-26/h4-22H,3,23H2,1-2H3,(H,40,45)(H,41,44)(H,42,43)/b32-20+. The molecule has 0 atom stereocenters. The van der Waals surface area contributed by atoms with Crippen LogP contribution < -0.4 is 16.0 Å². The quantitative estimate of drug-likeness (QED) is 0.0679. The number of esters is 1. The maximum atomic E-state index is 13.5. The number of halogens is 1. The second kappa shape index (κ2) is 16.8. The molecule has 248 valence electrons. The number of rotatable bonds is 12. The predicted octanol–water partition coefficient (Wildman–Crippen LogP) is 8.69. The second-order valence-corrected chi connectivity index (χ2v) is 13.0.